The van der Waals surface area contributed by atoms with Gasteiger partial charge in [0.2, 0.25) is 0 Å². The Morgan fingerprint density at radius 1 is 1.38 bits per heavy atom. The van der Waals surface area contributed by atoms with Crippen LogP contribution in [0, 0.1) is 0 Å². The Labute approximate surface area is 87.5 Å². The van der Waals surface area contributed by atoms with E-state index < -0.39 is 0 Å². The summed E-state index contributed by atoms with van der Waals surface area (Å²) in [5.41, 5.74) is 0. The van der Waals surface area contributed by atoms with Gasteiger partial charge in [-0.25, -0.2) is 0 Å². The molecule has 4 nitrogen and oxygen atoms in total. The fourth-order valence-electron chi connectivity index (χ4n) is 0.692. The molecular weight excluding hydrogens is 185 g/mol. The van der Waals surface area contributed by atoms with E-state index in [1.165, 1.54) is 0 Å². The van der Waals surface area contributed by atoms with Crippen molar-refractivity contribution >= 4 is 15.9 Å². The van der Waals surface area contributed by atoms with E-state index in [0.29, 0.717) is 6.61 Å². The fraction of sp³-hybridized carbons (Fsp3) is 1.00. The number of rotatable bonds is 8. The molecule has 0 aromatic heterocycles. The molecule has 76 valence electrons. The molecule has 0 aliphatic heterocycles. The van der Waals surface area contributed by atoms with Crippen LogP contribution in [-0.4, -0.2) is 67.9 Å². The van der Waals surface area contributed by atoms with Crippen molar-refractivity contribution in [2.24, 2.45) is 0 Å². The maximum absolute atomic E-state index is 5.38. The summed E-state index contributed by atoms with van der Waals surface area (Å²) in [5.74, 6) is 0. The number of ether oxygens (including phenoxy) is 1. The van der Waals surface area contributed by atoms with Crippen molar-refractivity contribution in [3.63, 3.8) is 0 Å². The predicted octanol–water partition coefficient (Wildman–Crippen LogP) is 0.150. The Kier molecular flexibility index (Phi) is 9.20. The fourth-order valence-corrected chi connectivity index (χ4v) is 1.24. The van der Waals surface area contributed by atoms with Gasteiger partial charge in [-0.3, -0.25) is 0 Å². The molecule has 0 saturated carbocycles. The topological polar surface area (TPSA) is 30.9 Å². The van der Waals surface area contributed by atoms with Gasteiger partial charge in [-0.1, -0.05) is 0 Å². The first-order chi connectivity index (χ1) is 6.16. The molecule has 1 unspecified atom stereocenters. The minimum atomic E-state index is -0.345. The van der Waals surface area contributed by atoms with Crippen molar-refractivity contribution in [1.29, 1.82) is 0 Å². The average molecular weight is 204 g/mol. The minimum absolute atomic E-state index is 0.138. The van der Waals surface area contributed by atoms with Crippen LogP contribution in [0.1, 0.15) is 6.92 Å². The Morgan fingerprint density at radius 2 is 2.08 bits per heavy atom. The maximum atomic E-state index is 5.38. The third-order valence-corrected chi connectivity index (χ3v) is 2.36. The summed E-state index contributed by atoms with van der Waals surface area (Å²) >= 11 is -0.345. The van der Waals surface area contributed by atoms with Crippen LogP contribution in [0.15, 0.2) is 0 Å². The van der Waals surface area contributed by atoms with Gasteiger partial charge in [0.1, 0.15) is 0 Å². The first-order valence-corrected chi connectivity index (χ1v) is 5.33. The molecule has 0 saturated heterocycles. The van der Waals surface area contributed by atoms with Gasteiger partial charge in [-0.05, 0) is 0 Å². The quantitative estimate of drug-likeness (QED) is 0.416. The van der Waals surface area contributed by atoms with E-state index in [4.69, 9.17) is 12.3 Å². The Balaban J connectivity index is 3.06. The van der Waals surface area contributed by atoms with Crippen molar-refractivity contribution in [3.05, 3.63) is 0 Å². The molecule has 0 bridgehead atoms. The van der Waals surface area contributed by atoms with E-state index in [1.807, 2.05) is 21.0 Å². The molecule has 0 N–H and O–H groups in total. The third-order valence-electron chi connectivity index (χ3n) is 1.41. The summed E-state index contributed by atoms with van der Waals surface area (Å²) in [7, 11) is 5.71. The van der Waals surface area contributed by atoms with Crippen LogP contribution < -0.4 is 0 Å². The van der Waals surface area contributed by atoms with Gasteiger partial charge in [-0.15, -0.1) is 0 Å². The molecule has 0 aromatic rings. The molecule has 0 aliphatic carbocycles. The molecule has 0 heterocycles. The summed E-state index contributed by atoms with van der Waals surface area (Å²) < 4.78 is 15.6. The summed E-state index contributed by atoms with van der Waals surface area (Å²) in [5, 5.41) is 0. The van der Waals surface area contributed by atoms with Crippen LogP contribution >= 0.6 is 0 Å². The zero-order valence-corrected chi connectivity index (χ0v) is 10.1. The number of nitrogens with zero attached hydrogens (tertiary/aromatic N) is 1. The van der Waals surface area contributed by atoms with Crippen LogP contribution in [-0.2, 0) is 12.3 Å². The van der Waals surface area contributed by atoms with Gasteiger partial charge < -0.3 is 0 Å². The van der Waals surface area contributed by atoms with E-state index in [-0.39, 0.29) is 22.0 Å². The van der Waals surface area contributed by atoms with Crippen LogP contribution in [0.2, 0.25) is 0 Å². The zero-order chi connectivity index (χ0) is 10.1. The van der Waals surface area contributed by atoms with Crippen LogP contribution in [0.3, 0.4) is 0 Å². The molecule has 0 radical (unpaired) electrons. The third kappa shape index (κ3) is 10.3. The van der Waals surface area contributed by atoms with Crippen LogP contribution in [0.25, 0.3) is 0 Å². The van der Waals surface area contributed by atoms with E-state index in [0.717, 1.165) is 13.2 Å². The van der Waals surface area contributed by atoms with Crippen LogP contribution in [0.4, 0.5) is 0 Å². The van der Waals surface area contributed by atoms with E-state index in [2.05, 4.69) is 4.90 Å². The van der Waals surface area contributed by atoms with E-state index >= 15 is 0 Å². The second kappa shape index (κ2) is 8.95. The normalized spacial score (nSPS) is 13.0. The monoisotopic (exact) mass is 204 g/mol. The number of hydrogen-bond donors (Lipinski definition) is 0. The van der Waals surface area contributed by atoms with E-state index in [9.17, 15) is 0 Å². The molecule has 0 amide bonds. The van der Waals surface area contributed by atoms with Gasteiger partial charge in [0.15, 0.2) is 0 Å². The second-order valence-electron chi connectivity index (χ2n) is 3.17. The Bertz CT molecular complexity index is 114. The standard InChI is InChI=1S/C4H10NO.C4H9O2.Al/c1-5(2)3-4-6;1-4(5)3-6-2;/h3-4H2,1-2H3;4H,3H2,1-2H3;/q2*-1;+3. The molecule has 1 atom stereocenters. The zero-order valence-electron chi connectivity index (χ0n) is 8.95. The molecule has 0 rings (SSSR count). The molecule has 0 spiro atoms. The van der Waals surface area contributed by atoms with Gasteiger partial charge in [0.05, 0.1) is 0 Å². The van der Waals surface area contributed by atoms with Gasteiger partial charge in [-0.2, -0.15) is 0 Å². The second-order valence-corrected chi connectivity index (χ2v) is 3.97. The number of methoxy groups -OCH3 is 1. The van der Waals surface area contributed by atoms with Crippen molar-refractivity contribution in [1.82, 2.24) is 4.90 Å². The molecule has 0 aliphatic rings. The van der Waals surface area contributed by atoms with Crippen LogP contribution in [0.5, 0.6) is 0 Å². The summed E-state index contributed by atoms with van der Waals surface area (Å²) in [6, 6.07) is 0. The Morgan fingerprint density at radius 3 is 2.62 bits per heavy atom. The SMILES string of the molecule is COCC(C)[O][Al+][O]CCN(C)C. The number of hydrogen-bond acceptors (Lipinski definition) is 4. The van der Waals surface area contributed by atoms with Crippen molar-refractivity contribution in [3.8, 4) is 0 Å². The van der Waals surface area contributed by atoms with Crippen molar-refractivity contribution < 1.29 is 12.3 Å². The first kappa shape index (κ1) is 13.4. The molecule has 0 aromatic carbocycles. The van der Waals surface area contributed by atoms with E-state index in [1.54, 1.807) is 7.11 Å². The van der Waals surface area contributed by atoms with Gasteiger partial charge in [0.25, 0.3) is 0 Å². The first-order valence-electron chi connectivity index (χ1n) is 4.39. The molecule has 5 heteroatoms. The average Bonchev–Trinajstić information content (AvgIpc) is 2.03. The van der Waals surface area contributed by atoms with Crippen molar-refractivity contribution in [2.75, 3.05) is 41.0 Å². The van der Waals surface area contributed by atoms with Gasteiger partial charge >= 0.3 is 87.1 Å². The van der Waals surface area contributed by atoms with Crippen molar-refractivity contribution in [2.45, 2.75) is 13.0 Å². The Hall–Kier alpha value is 0.372. The predicted molar refractivity (Wildman–Crippen MR) is 52.7 cm³/mol. The summed E-state index contributed by atoms with van der Waals surface area (Å²) in [6.45, 7) is 4.28. The summed E-state index contributed by atoms with van der Waals surface area (Å²) in [6.07, 6.45) is 0.138. The molecular formula is C8H19AlNO3+. The summed E-state index contributed by atoms with van der Waals surface area (Å²) in [4.78, 5) is 2.08. The molecule has 0 fully saturated rings. The molecule has 13 heavy (non-hydrogen) atoms. The number of likely N-dealkylation sites (N-methyl/N-ethyl adjacent to an activating group) is 1. The van der Waals surface area contributed by atoms with Gasteiger partial charge in [0, 0.05) is 0 Å².